The van der Waals surface area contributed by atoms with Gasteiger partial charge in [0.15, 0.2) is 22.7 Å². The average Bonchev–Trinajstić information content (AvgIpc) is 3.48. The quantitative estimate of drug-likeness (QED) is 0.230. The lowest BCUT2D eigenvalue weighted by Crippen LogP contribution is -2.04. The third-order valence-corrected chi connectivity index (χ3v) is 7.44. The summed E-state index contributed by atoms with van der Waals surface area (Å²) in [5.41, 5.74) is 11.7. The van der Waals surface area contributed by atoms with Crippen molar-refractivity contribution in [3.05, 3.63) is 96.1 Å². The zero-order valence-corrected chi connectivity index (χ0v) is 19.0. The summed E-state index contributed by atoms with van der Waals surface area (Å²) in [7, 11) is 0. The molecule has 0 bridgehead atoms. The molecular formula is C31H17N3O2. The molecule has 1 aliphatic carbocycles. The highest BCUT2D eigenvalue weighted by molar-refractivity contribution is 6.18. The minimum atomic E-state index is 0.699. The van der Waals surface area contributed by atoms with Crippen molar-refractivity contribution in [3.8, 4) is 22.6 Å². The molecule has 0 fully saturated rings. The lowest BCUT2D eigenvalue weighted by molar-refractivity contribution is 0.483. The van der Waals surface area contributed by atoms with E-state index in [1.165, 1.54) is 22.3 Å². The molecule has 0 radical (unpaired) electrons. The highest BCUT2D eigenvalue weighted by atomic mass is 16.5. The predicted molar refractivity (Wildman–Crippen MR) is 142 cm³/mol. The van der Waals surface area contributed by atoms with Crippen molar-refractivity contribution in [2.45, 2.75) is 6.42 Å². The fourth-order valence-electron chi connectivity index (χ4n) is 5.81. The molecule has 0 saturated carbocycles. The summed E-state index contributed by atoms with van der Waals surface area (Å²) in [6.07, 6.45) is 0.929. The molecule has 3 heterocycles. The van der Waals surface area contributed by atoms with E-state index in [-0.39, 0.29) is 0 Å². The maximum Gasteiger partial charge on any atom is 0.163 e. The fourth-order valence-corrected chi connectivity index (χ4v) is 5.81. The van der Waals surface area contributed by atoms with Crippen LogP contribution in [0.3, 0.4) is 0 Å². The van der Waals surface area contributed by atoms with E-state index in [9.17, 15) is 0 Å². The number of hydrogen-bond donors (Lipinski definition) is 1. The summed E-state index contributed by atoms with van der Waals surface area (Å²) >= 11 is 0. The topological polar surface area (TPSA) is 60.2 Å². The average molecular weight is 463 g/mol. The minimum absolute atomic E-state index is 0.699. The van der Waals surface area contributed by atoms with Gasteiger partial charge >= 0.3 is 0 Å². The summed E-state index contributed by atoms with van der Waals surface area (Å²) < 4.78 is 13.1. The van der Waals surface area contributed by atoms with E-state index in [1.807, 2.05) is 42.5 Å². The molecular weight excluding hydrogens is 446 g/mol. The van der Waals surface area contributed by atoms with Crippen LogP contribution in [0.5, 0.6) is 11.5 Å². The Hall–Kier alpha value is -4.90. The summed E-state index contributed by atoms with van der Waals surface area (Å²) in [6, 6.07) is 28.9. The Balaban J connectivity index is 1.25. The normalized spacial score (nSPS) is 13.3. The number of para-hydroxylation sites is 1. The van der Waals surface area contributed by atoms with Crippen LogP contribution < -0.4 is 10.1 Å². The minimum Gasteiger partial charge on any atom is -0.452 e. The molecule has 5 aromatic carbocycles. The van der Waals surface area contributed by atoms with Crippen molar-refractivity contribution >= 4 is 55.4 Å². The van der Waals surface area contributed by atoms with Gasteiger partial charge in [-0.1, -0.05) is 48.5 Å². The first kappa shape index (κ1) is 18.4. The molecule has 1 aliphatic heterocycles. The number of anilines is 2. The van der Waals surface area contributed by atoms with E-state index in [4.69, 9.17) is 19.1 Å². The number of fused-ring (bicyclic) bond motifs is 12. The molecule has 0 spiro atoms. The molecule has 7 aromatic rings. The van der Waals surface area contributed by atoms with Crippen LogP contribution >= 0.6 is 0 Å². The number of nitrogens with zero attached hydrogens (tertiary/aromatic N) is 2. The van der Waals surface area contributed by atoms with Gasteiger partial charge in [-0.2, -0.15) is 0 Å². The fraction of sp³-hybridized carbons (Fsp3) is 0.0323. The molecule has 2 aromatic heterocycles. The monoisotopic (exact) mass is 463 g/mol. The molecule has 0 atom stereocenters. The Kier molecular flexibility index (Phi) is 3.28. The van der Waals surface area contributed by atoms with Gasteiger partial charge in [0, 0.05) is 23.1 Å². The number of ether oxygens (including phenoxy) is 1. The van der Waals surface area contributed by atoms with Crippen molar-refractivity contribution in [2.75, 3.05) is 5.32 Å². The summed E-state index contributed by atoms with van der Waals surface area (Å²) in [4.78, 5) is 9.72. The lowest BCUT2D eigenvalue weighted by atomic mass is 10.0. The molecule has 5 nitrogen and oxygen atoms in total. The van der Waals surface area contributed by atoms with Gasteiger partial charge in [0.1, 0.15) is 11.0 Å². The number of rotatable bonds is 0. The zero-order chi connectivity index (χ0) is 23.4. The SMILES string of the molecule is c1ccc2c(c1)Cc1ccc3c(c1-2)Oc1cc2nc4ccc5nc6ccccc6c5c4oc2cc1N3. The molecule has 1 N–H and O–H groups in total. The van der Waals surface area contributed by atoms with Gasteiger partial charge in [-0.05, 0) is 47.4 Å². The second-order valence-corrected chi connectivity index (χ2v) is 9.50. The summed E-state index contributed by atoms with van der Waals surface area (Å²) in [5, 5.41) is 5.65. The van der Waals surface area contributed by atoms with Crippen LogP contribution in [-0.2, 0) is 6.42 Å². The van der Waals surface area contributed by atoms with Crippen LogP contribution in [0.2, 0.25) is 0 Å². The van der Waals surface area contributed by atoms with Crippen molar-refractivity contribution in [1.82, 2.24) is 9.97 Å². The number of nitrogens with one attached hydrogen (secondary N) is 1. The first-order valence-electron chi connectivity index (χ1n) is 12.0. The Morgan fingerprint density at radius 2 is 1.56 bits per heavy atom. The zero-order valence-electron chi connectivity index (χ0n) is 19.0. The van der Waals surface area contributed by atoms with Crippen LogP contribution in [0.15, 0.2) is 89.3 Å². The van der Waals surface area contributed by atoms with Gasteiger partial charge in [-0.15, -0.1) is 0 Å². The van der Waals surface area contributed by atoms with Crippen LogP contribution in [0.25, 0.3) is 55.1 Å². The standard InChI is InChI=1S/C31H17N3O2/c1-2-6-18-16(5-1)13-17-9-10-22-30(28(17)18)35-26-14-25-27(15-24(26)33-22)36-31-23(34-25)12-11-21-29(31)19-7-3-4-8-20(19)32-21/h1-12,14-15,33H,13H2. The maximum atomic E-state index is 6.56. The van der Waals surface area contributed by atoms with Gasteiger partial charge in [0.05, 0.1) is 27.8 Å². The predicted octanol–water partition coefficient (Wildman–Crippen LogP) is 8.10. The van der Waals surface area contributed by atoms with Gasteiger partial charge in [0.2, 0.25) is 0 Å². The molecule has 0 saturated heterocycles. The lowest BCUT2D eigenvalue weighted by Gasteiger charge is -2.24. The smallest absolute Gasteiger partial charge is 0.163 e. The van der Waals surface area contributed by atoms with Crippen molar-refractivity contribution in [1.29, 1.82) is 0 Å². The summed E-state index contributed by atoms with van der Waals surface area (Å²) in [6.45, 7) is 0. The molecule has 0 unspecified atom stereocenters. The first-order valence-corrected chi connectivity index (χ1v) is 12.0. The largest absolute Gasteiger partial charge is 0.452 e. The third-order valence-electron chi connectivity index (χ3n) is 7.44. The molecule has 168 valence electrons. The van der Waals surface area contributed by atoms with Crippen LogP contribution in [-0.4, -0.2) is 9.97 Å². The Morgan fingerprint density at radius 1 is 0.694 bits per heavy atom. The van der Waals surface area contributed by atoms with E-state index < -0.39 is 0 Å². The summed E-state index contributed by atoms with van der Waals surface area (Å²) in [5.74, 6) is 1.62. The number of benzene rings is 5. The Morgan fingerprint density at radius 3 is 2.56 bits per heavy atom. The molecule has 2 aliphatic rings. The van der Waals surface area contributed by atoms with E-state index >= 15 is 0 Å². The van der Waals surface area contributed by atoms with Crippen LogP contribution in [0.4, 0.5) is 11.4 Å². The van der Waals surface area contributed by atoms with Crippen molar-refractivity contribution in [2.24, 2.45) is 0 Å². The number of aromatic nitrogens is 2. The molecule has 36 heavy (non-hydrogen) atoms. The van der Waals surface area contributed by atoms with Gasteiger partial charge in [0.25, 0.3) is 0 Å². The molecule has 9 rings (SSSR count). The van der Waals surface area contributed by atoms with Crippen LogP contribution in [0.1, 0.15) is 11.1 Å². The number of hydrogen-bond acceptors (Lipinski definition) is 5. The van der Waals surface area contributed by atoms with Crippen molar-refractivity contribution in [3.63, 3.8) is 0 Å². The van der Waals surface area contributed by atoms with E-state index in [1.54, 1.807) is 0 Å². The van der Waals surface area contributed by atoms with Gasteiger partial charge < -0.3 is 14.5 Å². The second kappa shape index (κ2) is 6.40. The van der Waals surface area contributed by atoms with Crippen molar-refractivity contribution < 1.29 is 9.15 Å². The maximum absolute atomic E-state index is 6.56. The highest BCUT2D eigenvalue weighted by Gasteiger charge is 2.28. The van der Waals surface area contributed by atoms with E-state index in [2.05, 4.69) is 47.8 Å². The first-order chi connectivity index (χ1) is 17.8. The second-order valence-electron chi connectivity index (χ2n) is 9.50. The van der Waals surface area contributed by atoms with Gasteiger partial charge in [-0.25, -0.2) is 9.97 Å². The molecule has 0 amide bonds. The molecule has 5 heteroatoms. The van der Waals surface area contributed by atoms with E-state index in [0.717, 1.165) is 67.7 Å². The third kappa shape index (κ3) is 2.34. The highest BCUT2D eigenvalue weighted by Crippen LogP contribution is 2.52. The van der Waals surface area contributed by atoms with Crippen LogP contribution in [0, 0.1) is 0 Å². The van der Waals surface area contributed by atoms with E-state index in [0.29, 0.717) is 5.58 Å². The Bertz CT molecular complexity index is 2090. The van der Waals surface area contributed by atoms with Gasteiger partial charge in [-0.3, -0.25) is 0 Å². The Labute approximate surface area is 205 Å².